The van der Waals surface area contributed by atoms with E-state index >= 15 is 0 Å². The molecule has 1 aromatic carbocycles. The summed E-state index contributed by atoms with van der Waals surface area (Å²) in [5, 5.41) is 0. The molecule has 0 unspecified atom stereocenters. The summed E-state index contributed by atoms with van der Waals surface area (Å²) in [6, 6.07) is 6.11. The summed E-state index contributed by atoms with van der Waals surface area (Å²) < 4.78 is 0. The first-order valence-corrected chi connectivity index (χ1v) is 5.16. The average molecular weight is 204 g/mol. The molecule has 0 spiro atoms. The van der Waals surface area contributed by atoms with E-state index in [2.05, 4.69) is 25.1 Å². The number of carbonyl (C=O) groups is 1. The third-order valence-electron chi connectivity index (χ3n) is 3.18. The number of amides is 1. The van der Waals surface area contributed by atoms with Gasteiger partial charge in [0.05, 0.1) is 6.04 Å². The third-order valence-corrected chi connectivity index (χ3v) is 3.18. The van der Waals surface area contributed by atoms with Gasteiger partial charge < -0.3 is 5.73 Å². The highest BCUT2D eigenvalue weighted by molar-refractivity contribution is 5.80. The molecule has 0 radical (unpaired) electrons. The van der Waals surface area contributed by atoms with Crippen LogP contribution in [0.15, 0.2) is 18.2 Å². The molecule has 15 heavy (non-hydrogen) atoms. The minimum absolute atomic E-state index is 0.154. The molecular weight excluding hydrogens is 188 g/mol. The fourth-order valence-electron chi connectivity index (χ4n) is 2.25. The van der Waals surface area contributed by atoms with Gasteiger partial charge in [0.2, 0.25) is 5.91 Å². The number of nitrogens with zero attached hydrogens (tertiary/aromatic N) is 1. The van der Waals surface area contributed by atoms with Crippen LogP contribution in [0.3, 0.4) is 0 Å². The smallest absolute Gasteiger partial charge is 0.235 e. The summed E-state index contributed by atoms with van der Waals surface area (Å²) in [4.78, 5) is 13.3. The number of hydrogen-bond acceptors (Lipinski definition) is 2. The Kier molecular flexibility index (Phi) is 2.49. The van der Waals surface area contributed by atoms with Crippen LogP contribution in [0.25, 0.3) is 0 Å². The number of carbonyl (C=O) groups excluding carboxylic acids is 1. The van der Waals surface area contributed by atoms with E-state index in [-0.39, 0.29) is 11.9 Å². The SMILES string of the molecule is Cc1cccc2c1C[C@@H](C(N)=O)N(C)C2. The van der Waals surface area contributed by atoms with Crippen molar-refractivity contribution in [3.05, 3.63) is 34.9 Å². The first-order chi connectivity index (χ1) is 7.09. The van der Waals surface area contributed by atoms with Crippen molar-refractivity contribution in [1.82, 2.24) is 4.90 Å². The Morgan fingerprint density at radius 1 is 1.53 bits per heavy atom. The Labute approximate surface area is 89.9 Å². The van der Waals surface area contributed by atoms with Crippen LogP contribution < -0.4 is 5.73 Å². The average Bonchev–Trinajstić information content (AvgIpc) is 2.16. The second-order valence-corrected chi connectivity index (χ2v) is 4.25. The maximum atomic E-state index is 11.3. The molecule has 0 aromatic heterocycles. The van der Waals surface area contributed by atoms with Gasteiger partial charge in [0.25, 0.3) is 0 Å². The van der Waals surface area contributed by atoms with Crippen molar-refractivity contribution in [3.8, 4) is 0 Å². The molecule has 1 aliphatic heterocycles. The number of aryl methyl sites for hydroxylation is 1. The molecule has 3 heteroatoms. The summed E-state index contributed by atoms with van der Waals surface area (Å²) in [6.45, 7) is 2.90. The van der Waals surface area contributed by atoms with E-state index < -0.39 is 0 Å². The van der Waals surface area contributed by atoms with Gasteiger partial charge in [-0.2, -0.15) is 0 Å². The van der Waals surface area contributed by atoms with Gasteiger partial charge in [0, 0.05) is 6.54 Å². The number of benzene rings is 1. The molecule has 0 fully saturated rings. The Balaban J connectivity index is 2.39. The van der Waals surface area contributed by atoms with Gasteiger partial charge in [0.15, 0.2) is 0 Å². The third kappa shape index (κ3) is 1.75. The van der Waals surface area contributed by atoms with Crippen LogP contribution >= 0.6 is 0 Å². The minimum atomic E-state index is -0.230. The lowest BCUT2D eigenvalue weighted by molar-refractivity contribution is -0.123. The van der Waals surface area contributed by atoms with E-state index in [0.29, 0.717) is 0 Å². The van der Waals surface area contributed by atoms with Crippen LogP contribution in [0.1, 0.15) is 16.7 Å². The molecule has 1 aromatic rings. The number of hydrogen-bond donors (Lipinski definition) is 1. The van der Waals surface area contributed by atoms with Crippen LogP contribution in [0.2, 0.25) is 0 Å². The van der Waals surface area contributed by atoms with E-state index in [9.17, 15) is 4.79 Å². The zero-order valence-corrected chi connectivity index (χ0v) is 9.16. The molecule has 1 heterocycles. The van der Waals surface area contributed by atoms with Crippen LogP contribution in [-0.4, -0.2) is 23.9 Å². The second kappa shape index (κ2) is 3.66. The molecule has 3 nitrogen and oxygen atoms in total. The van der Waals surface area contributed by atoms with Crippen molar-refractivity contribution in [2.24, 2.45) is 5.73 Å². The molecule has 1 aliphatic rings. The number of primary amides is 1. The van der Waals surface area contributed by atoms with Crippen LogP contribution in [0.4, 0.5) is 0 Å². The van der Waals surface area contributed by atoms with Crippen molar-refractivity contribution >= 4 is 5.91 Å². The standard InChI is InChI=1S/C12H16N2O/c1-8-4-3-5-9-7-14(2)11(12(13)15)6-10(8)9/h3-5,11H,6-7H2,1-2H3,(H2,13,15)/t11-/m0/s1. The fourth-order valence-corrected chi connectivity index (χ4v) is 2.25. The molecular formula is C12H16N2O. The lowest BCUT2D eigenvalue weighted by Gasteiger charge is -2.32. The molecule has 1 atom stereocenters. The minimum Gasteiger partial charge on any atom is -0.368 e. The van der Waals surface area contributed by atoms with Gasteiger partial charge in [-0.25, -0.2) is 0 Å². The summed E-state index contributed by atoms with van der Waals surface area (Å²) in [7, 11) is 1.95. The van der Waals surface area contributed by atoms with Crippen LogP contribution in [-0.2, 0) is 17.8 Å². The lowest BCUT2D eigenvalue weighted by atomic mass is 9.91. The van der Waals surface area contributed by atoms with E-state index in [1.54, 1.807) is 0 Å². The molecule has 0 aliphatic carbocycles. The van der Waals surface area contributed by atoms with Gasteiger partial charge in [-0.1, -0.05) is 18.2 Å². The van der Waals surface area contributed by atoms with Crippen molar-refractivity contribution in [2.45, 2.75) is 25.9 Å². The molecule has 0 saturated carbocycles. The highest BCUT2D eigenvalue weighted by Crippen LogP contribution is 2.24. The van der Waals surface area contributed by atoms with Crippen LogP contribution in [0, 0.1) is 6.92 Å². The second-order valence-electron chi connectivity index (χ2n) is 4.25. The molecule has 80 valence electrons. The molecule has 2 rings (SSSR count). The Bertz CT molecular complexity index is 401. The maximum Gasteiger partial charge on any atom is 0.235 e. The predicted molar refractivity (Wildman–Crippen MR) is 59.3 cm³/mol. The Hall–Kier alpha value is -1.35. The van der Waals surface area contributed by atoms with Crippen molar-refractivity contribution < 1.29 is 4.79 Å². The molecule has 2 N–H and O–H groups in total. The monoisotopic (exact) mass is 204 g/mol. The van der Waals surface area contributed by atoms with Gasteiger partial charge in [-0.15, -0.1) is 0 Å². The summed E-state index contributed by atoms with van der Waals surface area (Å²) in [5.74, 6) is -0.230. The van der Waals surface area contributed by atoms with Crippen molar-refractivity contribution in [1.29, 1.82) is 0 Å². The Morgan fingerprint density at radius 2 is 2.27 bits per heavy atom. The largest absolute Gasteiger partial charge is 0.368 e. The first-order valence-electron chi connectivity index (χ1n) is 5.16. The maximum absolute atomic E-state index is 11.3. The molecule has 1 amide bonds. The predicted octanol–water partition coefficient (Wildman–Crippen LogP) is 0.837. The van der Waals surface area contributed by atoms with Crippen molar-refractivity contribution in [3.63, 3.8) is 0 Å². The topological polar surface area (TPSA) is 46.3 Å². The van der Waals surface area contributed by atoms with E-state index in [0.717, 1.165) is 13.0 Å². The summed E-state index contributed by atoms with van der Waals surface area (Å²) in [6.07, 6.45) is 0.744. The number of rotatable bonds is 1. The quantitative estimate of drug-likeness (QED) is 0.736. The lowest BCUT2D eigenvalue weighted by Crippen LogP contribution is -2.46. The zero-order chi connectivity index (χ0) is 11.0. The molecule has 0 saturated heterocycles. The van der Waals surface area contributed by atoms with Gasteiger partial charge >= 0.3 is 0 Å². The van der Waals surface area contributed by atoms with Gasteiger partial charge in [-0.3, -0.25) is 9.69 Å². The molecule has 0 bridgehead atoms. The van der Waals surface area contributed by atoms with Gasteiger partial charge in [-0.05, 0) is 37.1 Å². The Morgan fingerprint density at radius 3 is 2.93 bits per heavy atom. The number of nitrogens with two attached hydrogens (primary N) is 1. The normalized spacial score (nSPS) is 21.1. The number of fused-ring (bicyclic) bond motifs is 1. The first kappa shape index (κ1) is 10.2. The van der Waals surface area contributed by atoms with Crippen LogP contribution in [0.5, 0.6) is 0 Å². The van der Waals surface area contributed by atoms with E-state index in [1.807, 2.05) is 11.9 Å². The van der Waals surface area contributed by atoms with E-state index in [4.69, 9.17) is 5.73 Å². The van der Waals surface area contributed by atoms with E-state index in [1.165, 1.54) is 16.7 Å². The summed E-state index contributed by atoms with van der Waals surface area (Å²) >= 11 is 0. The fraction of sp³-hybridized carbons (Fsp3) is 0.417. The summed E-state index contributed by atoms with van der Waals surface area (Å²) in [5.41, 5.74) is 9.25. The highest BCUT2D eigenvalue weighted by Gasteiger charge is 2.27. The highest BCUT2D eigenvalue weighted by atomic mass is 16.1. The zero-order valence-electron chi connectivity index (χ0n) is 9.16. The number of likely N-dealkylation sites (N-methyl/N-ethyl adjacent to an activating group) is 1. The van der Waals surface area contributed by atoms with Crippen molar-refractivity contribution in [2.75, 3.05) is 7.05 Å². The van der Waals surface area contributed by atoms with Gasteiger partial charge in [0.1, 0.15) is 0 Å².